The lowest BCUT2D eigenvalue weighted by molar-refractivity contribution is -0.135. The molecule has 3 nitrogen and oxygen atoms in total. The molecule has 2 aromatic rings. The third-order valence-corrected chi connectivity index (χ3v) is 4.97. The van der Waals surface area contributed by atoms with E-state index < -0.39 is 5.97 Å². The van der Waals surface area contributed by atoms with Crippen molar-refractivity contribution in [3.8, 4) is 5.75 Å². The van der Waals surface area contributed by atoms with Gasteiger partial charge in [-0.2, -0.15) is 0 Å². The molecule has 122 valence electrons. The first-order valence-electron chi connectivity index (χ1n) is 7.61. The van der Waals surface area contributed by atoms with Crippen LogP contribution < -0.4 is 0 Å². The maximum atomic E-state index is 11.2. The molecule has 0 aliphatic heterocycles. The number of phenolic OH excluding ortho intramolecular Hbond substituents is 1. The maximum absolute atomic E-state index is 11.2. The number of hydrogen-bond donors (Lipinski definition) is 2. The highest BCUT2D eigenvalue weighted by Gasteiger charge is 2.25. The summed E-state index contributed by atoms with van der Waals surface area (Å²) in [5.74, 6) is -0.723. The summed E-state index contributed by atoms with van der Waals surface area (Å²) in [6.07, 6.45) is 4.06. The minimum Gasteiger partial charge on any atom is -0.508 e. The molecule has 1 aliphatic carbocycles. The molecule has 4 heteroatoms. The summed E-state index contributed by atoms with van der Waals surface area (Å²) < 4.78 is 0. The Labute approximate surface area is 145 Å². The zero-order chi connectivity index (χ0) is 17.3. The van der Waals surface area contributed by atoms with Gasteiger partial charge in [0.05, 0.1) is 6.42 Å². The van der Waals surface area contributed by atoms with E-state index in [-0.39, 0.29) is 12.2 Å². The SMILES string of the molecule is CSc1ccc(C=C2C(C)=C(CC(=O)O)c3cc(O)ccc32)cc1. The van der Waals surface area contributed by atoms with Crippen molar-refractivity contribution in [2.24, 2.45) is 0 Å². The Morgan fingerprint density at radius 3 is 2.46 bits per heavy atom. The van der Waals surface area contributed by atoms with Crippen LogP contribution in [0.5, 0.6) is 5.75 Å². The van der Waals surface area contributed by atoms with E-state index in [0.29, 0.717) is 0 Å². The Kier molecular flexibility index (Phi) is 4.49. The minimum absolute atomic E-state index is 0.0506. The van der Waals surface area contributed by atoms with Gasteiger partial charge in [0.2, 0.25) is 0 Å². The van der Waals surface area contributed by atoms with Crippen molar-refractivity contribution < 1.29 is 15.0 Å². The third kappa shape index (κ3) is 3.10. The van der Waals surface area contributed by atoms with Crippen LogP contribution in [-0.2, 0) is 4.79 Å². The molecule has 24 heavy (non-hydrogen) atoms. The number of phenols is 1. The summed E-state index contributed by atoms with van der Waals surface area (Å²) in [6.45, 7) is 1.94. The van der Waals surface area contributed by atoms with Crippen LogP contribution >= 0.6 is 11.8 Å². The van der Waals surface area contributed by atoms with E-state index in [0.717, 1.165) is 33.4 Å². The molecule has 0 aromatic heterocycles. The largest absolute Gasteiger partial charge is 0.508 e. The fourth-order valence-electron chi connectivity index (χ4n) is 3.02. The van der Waals surface area contributed by atoms with Crippen LogP contribution in [0.15, 0.2) is 52.9 Å². The van der Waals surface area contributed by atoms with Crippen molar-refractivity contribution in [1.82, 2.24) is 0 Å². The van der Waals surface area contributed by atoms with E-state index in [4.69, 9.17) is 0 Å². The van der Waals surface area contributed by atoms with Gasteiger partial charge in [-0.05, 0) is 76.9 Å². The minimum atomic E-state index is -0.871. The predicted molar refractivity (Wildman–Crippen MR) is 99.0 cm³/mol. The van der Waals surface area contributed by atoms with Crippen LogP contribution in [0.2, 0.25) is 0 Å². The molecular formula is C20H18O3S. The standard InChI is InChI=1S/C20H18O3S/c1-12-17(9-13-3-6-15(24-2)7-4-13)16-8-5-14(21)10-19(16)18(12)11-20(22)23/h3-10,21H,11H2,1-2H3,(H,22,23). The Morgan fingerprint density at radius 2 is 1.83 bits per heavy atom. The second-order valence-corrected chi connectivity index (χ2v) is 6.61. The number of carboxylic acids is 1. The first kappa shape index (κ1) is 16.4. The highest BCUT2D eigenvalue weighted by atomic mass is 32.2. The average Bonchev–Trinajstić information content (AvgIpc) is 2.80. The second-order valence-electron chi connectivity index (χ2n) is 5.74. The molecule has 3 rings (SSSR count). The number of allylic oxidation sites excluding steroid dienone is 2. The summed E-state index contributed by atoms with van der Waals surface area (Å²) in [5, 5.41) is 19.0. The summed E-state index contributed by atoms with van der Waals surface area (Å²) in [7, 11) is 0. The van der Waals surface area contributed by atoms with Gasteiger partial charge in [0.15, 0.2) is 0 Å². The van der Waals surface area contributed by atoms with Crippen molar-refractivity contribution in [2.45, 2.75) is 18.2 Å². The fraction of sp³-hybridized carbons (Fsp3) is 0.150. The Morgan fingerprint density at radius 1 is 1.12 bits per heavy atom. The van der Waals surface area contributed by atoms with Crippen molar-refractivity contribution in [2.75, 3.05) is 6.26 Å². The van der Waals surface area contributed by atoms with E-state index in [1.165, 1.54) is 4.90 Å². The average molecular weight is 338 g/mol. The predicted octanol–water partition coefficient (Wildman–Crippen LogP) is 4.92. The molecule has 0 saturated carbocycles. The van der Waals surface area contributed by atoms with Gasteiger partial charge in [-0.15, -0.1) is 11.8 Å². The van der Waals surface area contributed by atoms with Gasteiger partial charge in [0, 0.05) is 4.90 Å². The molecule has 2 aromatic carbocycles. The molecule has 0 unspecified atom stereocenters. The number of rotatable bonds is 4. The Hall–Kier alpha value is -2.46. The Balaban J connectivity index is 2.11. The lowest BCUT2D eigenvalue weighted by atomic mass is 10.0. The lowest BCUT2D eigenvalue weighted by Gasteiger charge is -2.05. The molecule has 1 aliphatic rings. The van der Waals surface area contributed by atoms with E-state index in [1.807, 2.05) is 19.2 Å². The number of thioether (sulfide) groups is 1. The van der Waals surface area contributed by atoms with Gasteiger partial charge in [-0.1, -0.05) is 18.2 Å². The molecule has 0 radical (unpaired) electrons. The molecule has 0 bridgehead atoms. The highest BCUT2D eigenvalue weighted by molar-refractivity contribution is 7.98. The van der Waals surface area contributed by atoms with Gasteiger partial charge < -0.3 is 10.2 Å². The molecule has 0 amide bonds. The van der Waals surface area contributed by atoms with Crippen LogP contribution in [-0.4, -0.2) is 22.4 Å². The van der Waals surface area contributed by atoms with E-state index in [2.05, 4.69) is 30.3 Å². The fourth-order valence-corrected chi connectivity index (χ4v) is 3.42. The van der Waals surface area contributed by atoms with Gasteiger partial charge >= 0.3 is 5.97 Å². The first-order valence-corrected chi connectivity index (χ1v) is 8.83. The van der Waals surface area contributed by atoms with E-state index in [1.54, 1.807) is 23.9 Å². The van der Waals surface area contributed by atoms with Crippen LogP contribution in [0.3, 0.4) is 0 Å². The lowest BCUT2D eigenvalue weighted by Crippen LogP contribution is -1.96. The molecular weight excluding hydrogens is 320 g/mol. The van der Waals surface area contributed by atoms with Gasteiger partial charge in [0.1, 0.15) is 5.75 Å². The van der Waals surface area contributed by atoms with Crippen molar-refractivity contribution in [3.63, 3.8) is 0 Å². The monoisotopic (exact) mass is 338 g/mol. The van der Waals surface area contributed by atoms with E-state index >= 15 is 0 Å². The maximum Gasteiger partial charge on any atom is 0.307 e. The molecule has 2 N–H and O–H groups in total. The number of carboxylic acid groups (broad SMARTS) is 1. The van der Waals surface area contributed by atoms with Crippen LogP contribution in [0, 0.1) is 0 Å². The van der Waals surface area contributed by atoms with Crippen LogP contribution in [0.25, 0.3) is 17.2 Å². The van der Waals surface area contributed by atoms with Crippen molar-refractivity contribution in [3.05, 3.63) is 64.7 Å². The summed E-state index contributed by atoms with van der Waals surface area (Å²) >= 11 is 1.70. The van der Waals surface area contributed by atoms with Crippen LogP contribution in [0.1, 0.15) is 30.0 Å². The molecule has 0 saturated heterocycles. The third-order valence-electron chi connectivity index (χ3n) is 4.23. The first-order chi connectivity index (χ1) is 11.5. The molecule has 0 heterocycles. The zero-order valence-electron chi connectivity index (χ0n) is 13.5. The number of benzene rings is 2. The van der Waals surface area contributed by atoms with E-state index in [9.17, 15) is 15.0 Å². The number of aliphatic carboxylic acids is 1. The highest BCUT2D eigenvalue weighted by Crippen LogP contribution is 2.44. The number of aromatic hydroxyl groups is 1. The van der Waals surface area contributed by atoms with Gasteiger partial charge in [0.25, 0.3) is 0 Å². The quantitative estimate of drug-likeness (QED) is 0.777. The van der Waals surface area contributed by atoms with Crippen molar-refractivity contribution in [1.29, 1.82) is 0 Å². The summed E-state index contributed by atoms with van der Waals surface area (Å²) in [5.41, 5.74) is 5.57. The molecule has 0 atom stereocenters. The summed E-state index contributed by atoms with van der Waals surface area (Å²) in [4.78, 5) is 12.4. The Bertz CT molecular complexity index is 861. The smallest absolute Gasteiger partial charge is 0.307 e. The van der Waals surface area contributed by atoms with Gasteiger partial charge in [-0.25, -0.2) is 0 Å². The number of fused-ring (bicyclic) bond motifs is 1. The zero-order valence-corrected chi connectivity index (χ0v) is 14.4. The molecule has 0 fully saturated rings. The van der Waals surface area contributed by atoms with Gasteiger partial charge in [-0.3, -0.25) is 4.79 Å². The normalized spacial score (nSPS) is 15.0. The number of hydrogen-bond acceptors (Lipinski definition) is 3. The topological polar surface area (TPSA) is 57.5 Å². The van der Waals surface area contributed by atoms with Crippen molar-refractivity contribution >= 4 is 35.0 Å². The van der Waals surface area contributed by atoms with Crippen LogP contribution in [0.4, 0.5) is 0 Å². The molecule has 0 spiro atoms. The second kappa shape index (κ2) is 6.57. The number of carbonyl (C=O) groups is 1. The summed E-state index contributed by atoms with van der Waals surface area (Å²) in [6, 6.07) is 13.4.